The highest BCUT2D eigenvalue weighted by Crippen LogP contribution is 2.43. The van der Waals surface area contributed by atoms with E-state index in [2.05, 4.69) is 33.0 Å². The van der Waals surface area contributed by atoms with Gasteiger partial charge in [-0.3, -0.25) is 0 Å². The minimum Gasteiger partial charge on any atom is -0.316 e. The normalized spacial score (nSPS) is 25.8. The molecule has 0 aliphatic heterocycles. The predicted molar refractivity (Wildman–Crippen MR) is 91.1 cm³/mol. The monoisotopic (exact) mass is 281 g/mol. The lowest BCUT2D eigenvalue weighted by molar-refractivity contribution is 0.108. The van der Waals surface area contributed by atoms with E-state index in [-0.39, 0.29) is 0 Å². The maximum Gasteiger partial charge on any atom is -0.00179 e. The fourth-order valence-electron chi connectivity index (χ4n) is 3.87. The third kappa shape index (κ3) is 7.11. The van der Waals surface area contributed by atoms with Gasteiger partial charge in [0.15, 0.2) is 0 Å². The molecule has 0 radical (unpaired) electrons. The Morgan fingerprint density at radius 3 is 2.40 bits per heavy atom. The van der Waals surface area contributed by atoms with Crippen LogP contribution in [0.1, 0.15) is 91.9 Å². The van der Waals surface area contributed by atoms with Crippen LogP contribution in [0.5, 0.6) is 0 Å². The minimum atomic E-state index is 0.593. The zero-order chi connectivity index (χ0) is 14.8. The Morgan fingerprint density at radius 2 is 1.70 bits per heavy atom. The Balaban J connectivity index is 2.33. The molecule has 1 N–H and O–H groups in total. The number of unbranched alkanes of at least 4 members (excludes halogenated alkanes) is 4. The molecule has 2 atom stereocenters. The lowest BCUT2D eigenvalue weighted by Gasteiger charge is -2.41. The van der Waals surface area contributed by atoms with Gasteiger partial charge in [-0.1, -0.05) is 66.2 Å². The molecule has 1 aliphatic rings. The van der Waals surface area contributed by atoms with E-state index in [1.165, 1.54) is 77.3 Å². The average Bonchev–Trinajstić information content (AvgIpc) is 2.40. The van der Waals surface area contributed by atoms with Gasteiger partial charge in [0.2, 0.25) is 0 Å². The van der Waals surface area contributed by atoms with E-state index in [0.29, 0.717) is 5.41 Å². The van der Waals surface area contributed by atoms with Crippen molar-refractivity contribution in [3.05, 3.63) is 0 Å². The molecule has 1 nitrogen and oxygen atoms in total. The summed E-state index contributed by atoms with van der Waals surface area (Å²) in [4.78, 5) is 0. The molecule has 0 aromatic heterocycles. The van der Waals surface area contributed by atoms with E-state index in [9.17, 15) is 0 Å². The maximum absolute atomic E-state index is 3.67. The van der Waals surface area contributed by atoms with Crippen molar-refractivity contribution in [1.82, 2.24) is 5.32 Å². The molecule has 0 saturated heterocycles. The molecule has 0 heterocycles. The average molecular weight is 282 g/mol. The Labute approximate surface area is 128 Å². The SMILES string of the molecule is CCCCCCCC1CC(C)(C)CCC1CNCCC. The van der Waals surface area contributed by atoms with Crippen LogP contribution in [0.2, 0.25) is 0 Å². The van der Waals surface area contributed by atoms with Crippen LogP contribution in [-0.2, 0) is 0 Å². The summed E-state index contributed by atoms with van der Waals surface area (Å²) in [6.45, 7) is 12.0. The van der Waals surface area contributed by atoms with Crippen LogP contribution >= 0.6 is 0 Å². The summed E-state index contributed by atoms with van der Waals surface area (Å²) in [5.74, 6) is 1.92. The first-order valence-electron chi connectivity index (χ1n) is 9.29. The van der Waals surface area contributed by atoms with E-state index < -0.39 is 0 Å². The van der Waals surface area contributed by atoms with Gasteiger partial charge in [0.1, 0.15) is 0 Å². The molecule has 0 aromatic carbocycles. The van der Waals surface area contributed by atoms with Crippen LogP contribution in [0, 0.1) is 17.3 Å². The second kappa shape index (κ2) is 9.82. The fourth-order valence-corrected chi connectivity index (χ4v) is 3.87. The second-order valence-corrected chi connectivity index (χ2v) is 7.83. The van der Waals surface area contributed by atoms with Crippen LogP contribution < -0.4 is 5.32 Å². The van der Waals surface area contributed by atoms with E-state index in [4.69, 9.17) is 0 Å². The molecule has 0 spiro atoms. The molecule has 0 bridgehead atoms. The van der Waals surface area contributed by atoms with Crippen molar-refractivity contribution in [1.29, 1.82) is 0 Å². The molecule has 1 rings (SSSR count). The van der Waals surface area contributed by atoms with Crippen LogP contribution in [0.3, 0.4) is 0 Å². The summed E-state index contributed by atoms with van der Waals surface area (Å²) in [7, 11) is 0. The molecule has 1 saturated carbocycles. The molecule has 1 aliphatic carbocycles. The molecule has 1 fully saturated rings. The lowest BCUT2D eigenvalue weighted by Crippen LogP contribution is -2.36. The third-order valence-electron chi connectivity index (χ3n) is 5.19. The van der Waals surface area contributed by atoms with E-state index >= 15 is 0 Å². The summed E-state index contributed by atoms with van der Waals surface area (Å²) < 4.78 is 0. The van der Waals surface area contributed by atoms with E-state index in [0.717, 1.165) is 11.8 Å². The largest absolute Gasteiger partial charge is 0.316 e. The molecule has 1 heteroatoms. The summed E-state index contributed by atoms with van der Waals surface area (Å²) in [6, 6.07) is 0. The Hall–Kier alpha value is -0.0400. The molecule has 20 heavy (non-hydrogen) atoms. The zero-order valence-corrected chi connectivity index (χ0v) is 14.6. The summed E-state index contributed by atoms with van der Waals surface area (Å²) in [5, 5.41) is 3.67. The van der Waals surface area contributed by atoms with Gasteiger partial charge in [-0.05, 0) is 56.0 Å². The van der Waals surface area contributed by atoms with Crippen LogP contribution in [0.4, 0.5) is 0 Å². The zero-order valence-electron chi connectivity index (χ0n) is 14.6. The van der Waals surface area contributed by atoms with Gasteiger partial charge in [0, 0.05) is 0 Å². The molecule has 0 amide bonds. The number of rotatable bonds is 10. The number of hydrogen-bond donors (Lipinski definition) is 1. The van der Waals surface area contributed by atoms with Crippen LogP contribution in [0.25, 0.3) is 0 Å². The quantitative estimate of drug-likeness (QED) is 0.500. The first-order valence-corrected chi connectivity index (χ1v) is 9.29. The van der Waals surface area contributed by atoms with Gasteiger partial charge >= 0.3 is 0 Å². The van der Waals surface area contributed by atoms with Crippen molar-refractivity contribution < 1.29 is 0 Å². The maximum atomic E-state index is 3.67. The Bertz CT molecular complexity index is 234. The highest BCUT2D eigenvalue weighted by Gasteiger charge is 2.33. The Kier molecular flexibility index (Phi) is 8.84. The van der Waals surface area contributed by atoms with Crippen molar-refractivity contribution in [3.63, 3.8) is 0 Å². The highest BCUT2D eigenvalue weighted by atomic mass is 14.9. The standard InChI is InChI=1S/C19H39N/c1-5-7-8-9-10-11-17-15-19(3,4)13-12-18(17)16-20-14-6-2/h17-18,20H,5-16H2,1-4H3. The fraction of sp³-hybridized carbons (Fsp3) is 1.00. The van der Waals surface area contributed by atoms with Crippen LogP contribution in [-0.4, -0.2) is 13.1 Å². The first-order chi connectivity index (χ1) is 9.59. The van der Waals surface area contributed by atoms with Gasteiger partial charge in [0.25, 0.3) is 0 Å². The predicted octanol–water partition coefficient (Wildman–Crippen LogP) is 5.79. The Morgan fingerprint density at radius 1 is 0.950 bits per heavy atom. The van der Waals surface area contributed by atoms with Gasteiger partial charge in [-0.2, -0.15) is 0 Å². The van der Waals surface area contributed by atoms with Gasteiger partial charge in [0.05, 0.1) is 0 Å². The van der Waals surface area contributed by atoms with Crippen molar-refractivity contribution in [3.8, 4) is 0 Å². The third-order valence-corrected chi connectivity index (χ3v) is 5.19. The van der Waals surface area contributed by atoms with Gasteiger partial charge in [-0.15, -0.1) is 0 Å². The first kappa shape index (κ1) is 18.0. The van der Waals surface area contributed by atoms with Gasteiger partial charge < -0.3 is 5.32 Å². The van der Waals surface area contributed by atoms with Crippen molar-refractivity contribution in [2.45, 2.75) is 91.9 Å². The molecular formula is C19H39N. The number of hydrogen-bond acceptors (Lipinski definition) is 1. The smallest absolute Gasteiger partial charge is 0.00179 e. The van der Waals surface area contributed by atoms with Crippen molar-refractivity contribution in [2.24, 2.45) is 17.3 Å². The van der Waals surface area contributed by atoms with E-state index in [1.54, 1.807) is 0 Å². The van der Waals surface area contributed by atoms with Crippen molar-refractivity contribution >= 4 is 0 Å². The molecule has 120 valence electrons. The molecule has 2 unspecified atom stereocenters. The minimum absolute atomic E-state index is 0.593. The summed E-state index contributed by atoms with van der Waals surface area (Å²) >= 11 is 0. The van der Waals surface area contributed by atoms with Crippen LogP contribution in [0.15, 0.2) is 0 Å². The molecule has 0 aromatic rings. The number of nitrogens with one attached hydrogen (secondary N) is 1. The summed E-state index contributed by atoms with van der Waals surface area (Å²) in [6.07, 6.45) is 14.2. The van der Waals surface area contributed by atoms with Gasteiger partial charge in [-0.25, -0.2) is 0 Å². The highest BCUT2D eigenvalue weighted by molar-refractivity contribution is 4.85. The lowest BCUT2D eigenvalue weighted by atomic mass is 9.66. The summed E-state index contributed by atoms with van der Waals surface area (Å²) in [5.41, 5.74) is 0.593. The molecular weight excluding hydrogens is 242 g/mol. The topological polar surface area (TPSA) is 12.0 Å². The second-order valence-electron chi connectivity index (χ2n) is 7.83. The van der Waals surface area contributed by atoms with Crippen molar-refractivity contribution in [2.75, 3.05) is 13.1 Å². The van der Waals surface area contributed by atoms with E-state index in [1.807, 2.05) is 0 Å².